The molecule has 0 fully saturated rings. The van der Waals surface area contributed by atoms with Gasteiger partial charge in [-0.3, -0.25) is 4.79 Å². The van der Waals surface area contributed by atoms with Crippen molar-refractivity contribution >= 4 is 5.91 Å². The van der Waals surface area contributed by atoms with Gasteiger partial charge in [0.1, 0.15) is 5.75 Å². The Morgan fingerprint density at radius 3 is 2.70 bits per heavy atom. The minimum absolute atomic E-state index is 0.107. The number of nitrogens with one attached hydrogen (secondary N) is 1. The van der Waals surface area contributed by atoms with E-state index in [9.17, 15) is 13.6 Å². The molecule has 0 spiro atoms. The zero-order valence-electron chi connectivity index (χ0n) is 11.4. The van der Waals surface area contributed by atoms with Gasteiger partial charge >= 0.3 is 6.61 Å². The van der Waals surface area contributed by atoms with Crippen molar-refractivity contribution in [3.8, 4) is 5.75 Å². The van der Waals surface area contributed by atoms with Crippen LogP contribution in [0.3, 0.4) is 0 Å². The van der Waals surface area contributed by atoms with Gasteiger partial charge < -0.3 is 15.8 Å². The molecule has 0 saturated heterocycles. The molecule has 1 aromatic carbocycles. The molecule has 4 nitrogen and oxygen atoms in total. The first-order valence-electron chi connectivity index (χ1n) is 6.60. The predicted molar refractivity (Wildman–Crippen MR) is 72.9 cm³/mol. The summed E-state index contributed by atoms with van der Waals surface area (Å²) < 4.78 is 28.9. The highest BCUT2D eigenvalue weighted by molar-refractivity contribution is 5.96. The number of hydrogen-bond acceptors (Lipinski definition) is 3. The van der Waals surface area contributed by atoms with E-state index in [4.69, 9.17) is 5.73 Å². The van der Waals surface area contributed by atoms with E-state index in [1.165, 1.54) is 18.2 Å². The fourth-order valence-corrected chi connectivity index (χ4v) is 1.87. The maximum atomic E-state index is 12.3. The van der Waals surface area contributed by atoms with Crippen molar-refractivity contribution < 1.29 is 18.3 Å². The first kappa shape index (κ1) is 16.4. The fraction of sp³-hybridized carbons (Fsp3) is 0.500. The molecule has 20 heavy (non-hydrogen) atoms. The van der Waals surface area contributed by atoms with Gasteiger partial charge in [0.05, 0.1) is 5.56 Å². The molecule has 112 valence electrons. The first-order chi connectivity index (χ1) is 9.58. The molecule has 0 bridgehead atoms. The van der Waals surface area contributed by atoms with Crippen molar-refractivity contribution in [2.75, 3.05) is 13.1 Å². The van der Waals surface area contributed by atoms with Gasteiger partial charge in [0.2, 0.25) is 0 Å². The Morgan fingerprint density at radius 1 is 1.40 bits per heavy atom. The highest BCUT2D eigenvalue weighted by Gasteiger charge is 2.16. The Kier molecular flexibility index (Phi) is 6.93. The smallest absolute Gasteiger partial charge is 0.387 e. The third-order valence-electron chi connectivity index (χ3n) is 3.05. The number of nitrogens with two attached hydrogens (primary N) is 1. The Hall–Kier alpha value is -1.69. The summed E-state index contributed by atoms with van der Waals surface area (Å²) in [6, 6.07) is 5.94. The molecule has 0 aliphatic rings. The van der Waals surface area contributed by atoms with Crippen molar-refractivity contribution in [1.29, 1.82) is 0 Å². The van der Waals surface area contributed by atoms with E-state index in [1.807, 2.05) is 6.92 Å². The van der Waals surface area contributed by atoms with Crippen LogP contribution in [0.25, 0.3) is 0 Å². The highest BCUT2D eigenvalue weighted by Crippen LogP contribution is 2.20. The lowest BCUT2D eigenvalue weighted by molar-refractivity contribution is -0.0501. The number of carbonyl (C=O) groups is 1. The molecule has 1 aromatic rings. The normalized spacial score (nSPS) is 12.2. The zero-order valence-corrected chi connectivity index (χ0v) is 11.4. The number of para-hydroxylation sites is 1. The lowest BCUT2D eigenvalue weighted by atomic mass is 10.0. The highest BCUT2D eigenvalue weighted by atomic mass is 19.3. The number of hydrogen-bond donors (Lipinski definition) is 2. The second-order valence-electron chi connectivity index (χ2n) is 4.44. The Labute approximate surface area is 117 Å². The van der Waals surface area contributed by atoms with E-state index in [-0.39, 0.29) is 17.2 Å². The van der Waals surface area contributed by atoms with Crippen LogP contribution >= 0.6 is 0 Å². The van der Waals surface area contributed by atoms with Crippen LogP contribution in [0.4, 0.5) is 8.78 Å². The topological polar surface area (TPSA) is 64.3 Å². The number of carbonyl (C=O) groups excluding carboxylic acids is 1. The SMILES string of the molecule is CCC(CCN)CNC(=O)c1ccccc1OC(F)F. The maximum Gasteiger partial charge on any atom is 0.387 e. The molecular weight excluding hydrogens is 266 g/mol. The maximum absolute atomic E-state index is 12.3. The van der Waals surface area contributed by atoms with E-state index in [1.54, 1.807) is 6.07 Å². The first-order valence-corrected chi connectivity index (χ1v) is 6.60. The molecule has 0 aliphatic carbocycles. The van der Waals surface area contributed by atoms with Crippen LogP contribution < -0.4 is 15.8 Å². The van der Waals surface area contributed by atoms with Crippen molar-refractivity contribution in [3.63, 3.8) is 0 Å². The molecule has 6 heteroatoms. The van der Waals surface area contributed by atoms with Gasteiger partial charge in [0.25, 0.3) is 5.91 Å². The van der Waals surface area contributed by atoms with Crippen LogP contribution in [0.2, 0.25) is 0 Å². The van der Waals surface area contributed by atoms with E-state index in [0.29, 0.717) is 13.1 Å². The van der Waals surface area contributed by atoms with E-state index < -0.39 is 12.5 Å². The molecule has 3 N–H and O–H groups in total. The number of ether oxygens (including phenoxy) is 1. The summed E-state index contributed by atoms with van der Waals surface area (Å²) >= 11 is 0. The second kappa shape index (κ2) is 8.47. The van der Waals surface area contributed by atoms with Crippen molar-refractivity contribution in [3.05, 3.63) is 29.8 Å². The number of halogens is 2. The Bertz CT molecular complexity index is 427. The van der Waals surface area contributed by atoms with Gasteiger partial charge in [0.15, 0.2) is 0 Å². The largest absolute Gasteiger partial charge is 0.434 e. The molecule has 0 saturated carbocycles. The average molecular weight is 286 g/mol. The van der Waals surface area contributed by atoms with Crippen LogP contribution in [0.1, 0.15) is 30.1 Å². The van der Waals surface area contributed by atoms with Crippen LogP contribution in [0, 0.1) is 5.92 Å². The van der Waals surface area contributed by atoms with Gasteiger partial charge in [-0.25, -0.2) is 0 Å². The minimum Gasteiger partial charge on any atom is -0.434 e. The molecule has 1 rings (SSSR count). The quantitative estimate of drug-likeness (QED) is 0.771. The molecule has 0 radical (unpaired) electrons. The Morgan fingerprint density at radius 2 is 2.10 bits per heavy atom. The predicted octanol–water partition coefficient (Wildman–Crippen LogP) is 2.39. The van der Waals surface area contributed by atoms with Gasteiger partial charge in [-0.2, -0.15) is 8.78 Å². The van der Waals surface area contributed by atoms with Crippen LogP contribution in [-0.2, 0) is 0 Å². The standard InChI is InChI=1S/C14H20F2N2O2/c1-2-10(7-8-17)9-18-13(19)11-5-3-4-6-12(11)20-14(15)16/h3-6,10,14H,2,7-9,17H2,1H3,(H,18,19). The lowest BCUT2D eigenvalue weighted by Crippen LogP contribution is -2.30. The molecular formula is C14H20F2N2O2. The Balaban J connectivity index is 2.67. The monoisotopic (exact) mass is 286 g/mol. The molecule has 0 heterocycles. The summed E-state index contributed by atoms with van der Waals surface area (Å²) in [5, 5.41) is 2.73. The fourth-order valence-electron chi connectivity index (χ4n) is 1.87. The number of rotatable bonds is 8. The van der Waals surface area contributed by atoms with Crippen molar-refractivity contribution in [2.45, 2.75) is 26.4 Å². The number of alkyl halides is 2. The van der Waals surface area contributed by atoms with Gasteiger partial charge in [-0.1, -0.05) is 25.5 Å². The van der Waals surface area contributed by atoms with Gasteiger partial charge in [-0.15, -0.1) is 0 Å². The summed E-state index contributed by atoms with van der Waals surface area (Å²) in [5.41, 5.74) is 5.59. The van der Waals surface area contributed by atoms with Crippen LogP contribution in [0.15, 0.2) is 24.3 Å². The van der Waals surface area contributed by atoms with E-state index >= 15 is 0 Å². The molecule has 0 aliphatic heterocycles. The summed E-state index contributed by atoms with van der Waals surface area (Å²) in [6.45, 7) is 0.0830. The van der Waals surface area contributed by atoms with E-state index in [2.05, 4.69) is 10.1 Å². The molecule has 1 unspecified atom stereocenters. The third kappa shape index (κ3) is 5.13. The summed E-state index contributed by atoms with van der Waals surface area (Å²) in [6.07, 6.45) is 1.71. The van der Waals surface area contributed by atoms with Crippen LogP contribution in [-0.4, -0.2) is 25.6 Å². The third-order valence-corrected chi connectivity index (χ3v) is 3.05. The second-order valence-corrected chi connectivity index (χ2v) is 4.44. The minimum atomic E-state index is -2.95. The lowest BCUT2D eigenvalue weighted by Gasteiger charge is -2.15. The van der Waals surface area contributed by atoms with Crippen molar-refractivity contribution in [1.82, 2.24) is 5.32 Å². The van der Waals surface area contributed by atoms with E-state index in [0.717, 1.165) is 12.8 Å². The summed E-state index contributed by atoms with van der Waals surface area (Å²) in [4.78, 5) is 12.0. The van der Waals surface area contributed by atoms with Crippen LogP contribution in [0.5, 0.6) is 5.75 Å². The summed E-state index contributed by atoms with van der Waals surface area (Å²) in [5.74, 6) is -0.254. The summed E-state index contributed by atoms with van der Waals surface area (Å²) in [7, 11) is 0. The number of amides is 1. The van der Waals surface area contributed by atoms with Gasteiger partial charge in [-0.05, 0) is 31.0 Å². The van der Waals surface area contributed by atoms with Crippen molar-refractivity contribution in [2.24, 2.45) is 11.7 Å². The molecule has 1 amide bonds. The van der Waals surface area contributed by atoms with Gasteiger partial charge in [0, 0.05) is 6.54 Å². The average Bonchev–Trinajstić information content (AvgIpc) is 2.43. The number of benzene rings is 1. The molecule has 0 aromatic heterocycles. The molecule has 1 atom stereocenters. The zero-order chi connectivity index (χ0) is 15.0.